The van der Waals surface area contributed by atoms with Crippen LogP contribution in [0.3, 0.4) is 0 Å². The van der Waals surface area contributed by atoms with Gasteiger partial charge in [-0.2, -0.15) is 0 Å². The van der Waals surface area contributed by atoms with E-state index in [1.54, 1.807) is 6.07 Å². The van der Waals surface area contributed by atoms with Crippen LogP contribution >= 0.6 is 0 Å². The molecule has 2 fully saturated rings. The van der Waals surface area contributed by atoms with Gasteiger partial charge in [0.05, 0.1) is 10.8 Å². The molecule has 1 aromatic carbocycles. The number of piperidine rings is 1. The first kappa shape index (κ1) is 19.3. The fraction of sp³-hybridized carbons (Fsp3) is 0.471. The molecular weight excluding hydrogens is 374 g/mol. The molecule has 1 unspecified atom stereocenters. The van der Waals surface area contributed by atoms with E-state index in [1.807, 2.05) is 0 Å². The molecule has 2 saturated heterocycles. The van der Waals surface area contributed by atoms with Crippen molar-refractivity contribution in [1.82, 2.24) is 4.90 Å². The molecule has 10 heteroatoms. The van der Waals surface area contributed by atoms with Crippen molar-refractivity contribution in [2.24, 2.45) is 11.1 Å². The minimum Gasteiger partial charge on any atom is -0.480 e. The number of hydrogen-bond acceptors (Lipinski definition) is 5. The van der Waals surface area contributed by atoms with Gasteiger partial charge in [0.1, 0.15) is 6.04 Å². The molecular formula is C17H21N3O6S. The van der Waals surface area contributed by atoms with Gasteiger partial charge < -0.3 is 14.9 Å². The van der Waals surface area contributed by atoms with Crippen molar-refractivity contribution in [3.8, 4) is 0 Å². The van der Waals surface area contributed by atoms with Crippen molar-refractivity contribution < 1.29 is 27.9 Å². The standard InChI is InChI=1S/C17H21N3O6S/c18-27(25,26)13-5-3-4-12(9-13)20-10-11(8-15(20)21)16(22)19-7-2-1-6-14(19)17(23)24/h3-5,9,11,14H,1-2,6-8,10H2,(H,23,24)(H2,18,25,26)/t11?,14-/m1/s1. The number of amides is 2. The Kier molecular flexibility index (Phi) is 5.20. The second-order valence-electron chi connectivity index (χ2n) is 6.83. The molecule has 2 aliphatic heterocycles. The summed E-state index contributed by atoms with van der Waals surface area (Å²) in [7, 11) is -3.91. The summed E-state index contributed by atoms with van der Waals surface area (Å²) >= 11 is 0. The van der Waals surface area contributed by atoms with Crippen LogP contribution in [0.2, 0.25) is 0 Å². The van der Waals surface area contributed by atoms with Crippen molar-refractivity contribution in [2.75, 3.05) is 18.0 Å². The molecule has 3 rings (SSSR count). The Hall–Kier alpha value is -2.46. The first-order chi connectivity index (χ1) is 12.7. The molecule has 2 aliphatic rings. The number of sulfonamides is 1. The van der Waals surface area contributed by atoms with Crippen molar-refractivity contribution >= 4 is 33.5 Å². The third-order valence-electron chi connectivity index (χ3n) is 5.00. The predicted octanol–water partition coefficient (Wildman–Crippen LogP) is 0.153. The largest absolute Gasteiger partial charge is 0.480 e. The van der Waals surface area contributed by atoms with E-state index in [9.17, 15) is 27.9 Å². The summed E-state index contributed by atoms with van der Waals surface area (Å²) < 4.78 is 23.0. The number of carboxylic acid groups (broad SMARTS) is 1. The van der Waals surface area contributed by atoms with E-state index >= 15 is 0 Å². The van der Waals surface area contributed by atoms with Gasteiger partial charge in [-0.05, 0) is 37.5 Å². The van der Waals surface area contributed by atoms with Gasteiger partial charge in [0, 0.05) is 25.2 Å². The van der Waals surface area contributed by atoms with Crippen molar-refractivity contribution in [3.05, 3.63) is 24.3 Å². The average molecular weight is 395 g/mol. The number of carbonyl (C=O) groups excluding carboxylic acids is 2. The maximum absolute atomic E-state index is 12.8. The predicted molar refractivity (Wildman–Crippen MR) is 95.3 cm³/mol. The Morgan fingerprint density at radius 1 is 1.22 bits per heavy atom. The number of rotatable bonds is 4. The molecule has 2 heterocycles. The molecule has 0 spiro atoms. The van der Waals surface area contributed by atoms with Crippen LogP contribution < -0.4 is 10.0 Å². The third kappa shape index (κ3) is 3.96. The lowest BCUT2D eigenvalue weighted by Crippen LogP contribution is -2.50. The van der Waals surface area contributed by atoms with Crippen molar-refractivity contribution in [1.29, 1.82) is 0 Å². The van der Waals surface area contributed by atoms with E-state index in [2.05, 4.69) is 0 Å². The Labute approximate surface area is 156 Å². The number of carbonyl (C=O) groups is 3. The second kappa shape index (κ2) is 7.28. The van der Waals surface area contributed by atoms with Gasteiger partial charge in [0.15, 0.2) is 0 Å². The quantitative estimate of drug-likeness (QED) is 0.744. The maximum atomic E-state index is 12.8. The lowest BCUT2D eigenvalue weighted by Gasteiger charge is -2.34. The number of nitrogens with zero attached hydrogens (tertiary/aromatic N) is 2. The van der Waals surface area contributed by atoms with E-state index < -0.39 is 28.0 Å². The first-order valence-electron chi connectivity index (χ1n) is 8.65. The molecule has 0 saturated carbocycles. The van der Waals surface area contributed by atoms with Gasteiger partial charge in [-0.3, -0.25) is 9.59 Å². The number of anilines is 1. The normalized spacial score (nSPS) is 23.5. The summed E-state index contributed by atoms with van der Waals surface area (Å²) in [6.45, 7) is 0.440. The Balaban J connectivity index is 1.79. The summed E-state index contributed by atoms with van der Waals surface area (Å²) in [5.74, 6) is -2.36. The number of hydrogen-bond donors (Lipinski definition) is 2. The molecule has 0 aromatic heterocycles. The fourth-order valence-electron chi connectivity index (χ4n) is 3.64. The molecule has 9 nitrogen and oxygen atoms in total. The van der Waals surface area contributed by atoms with Crippen LogP contribution in [0.4, 0.5) is 5.69 Å². The Bertz CT molecular complexity index is 884. The summed E-state index contributed by atoms with van der Waals surface area (Å²) in [6.07, 6.45) is 1.84. The van der Waals surface area contributed by atoms with E-state index in [0.29, 0.717) is 18.7 Å². The van der Waals surface area contributed by atoms with Gasteiger partial charge in [-0.1, -0.05) is 6.07 Å². The number of benzene rings is 1. The molecule has 27 heavy (non-hydrogen) atoms. The first-order valence-corrected chi connectivity index (χ1v) is 10.2. The van der Waals surface area contributed by atoms with Crippen LogP contribution in [-0.4, -0.2) is 55.3 Å². The minimum absolute atomic E-state index is 0.0404. The minimum atomic E-state index is -3.91. The summed E-state index contributed by atoms with van der Waals surface area (Å²) in [5, 5.41) is 14.5. The average Bonchev–Trinajstić information content (AvgIpc) is 3.02. The molecule has 3 N–H and O–H groups in total. The zero-order chi connectivity index (χ0) is 19.8. The molecule has 2 atom stereocenters. The molecule has 1 aromatic rings. The lowest BCUT2D eigenvalue weighted by atomic mass is 9.98. The monoisotopic (exact) mass is 395 g/mol. The number of carboxylic acids is 1. The van der Waals surface area contributed by atoms with Gasteiger partial charge in [-0.15, -0.1) is 0 Å². The van der Waals surface area contributed by atoms with Crippen LogP contribution in [0, 0.1) is 5.92 Å². The van der Waals surface area contributed by atoms with Crippen LogP contribution in [0.1, 0.15) is 25.7 Å². The molecule has 0 aliphatic carbocycles. The van der Waals surface area contributed by atoms with Crippen LogP contribution in [0.15, 0.2) is 29.2 Å². The van der Waals surface area contributed by atoms with Crippen molar-refractivity contribution in [2.45, 2.75) is 36.6 Å². The number of primary sulfonamides is 1. The third-order valence-corrected chi connectivity index (χ3v) is 5.91. The smallest absolute Gasteiger partial charge is 0.326 e. The highest BCUT2D eigenvalue weighted by Gasteiger charge is 2.41. The van der Waals surface area contributed by atoms with Gasteiger partial charge >= 0.3 is 5.97 Å². The highest BCUT2D eigenvalue weighted by Crippen LogP contribution is 2.29. The summed E-state index contributed by atoms with van der Waals surface area (Å²) in [4.78, 5) is 39.2. The molecule has 0 radical (unpaired) electrons. The molecule has 2 amide bonds. The Morgan fingerprint density at radius 3 is 2.63 bits per heavy atom. The fourth-order valence-corrected chi connectivity index (χ4v) is 4.19. The highest BCUT2D eigenvalue weighted by molar-refractivity contribution is 7.89. The molecule has 0 bridgehead atoms. The van der Waals surface area contributed by atoms with E-state index in [-0.39, 0.29) is 29.7 Å². The SMILES string of the molecule is NS(=O)(=O)c1cccc(N2CC(C(=O)N3CCCC[C@@H]3C(=O)O)CC2=O)c1. The number of nitrogens with two attached hydrogens (primary N) is 1. The van der Waals surface area contributed by atoms with E-state index in [1.165, 1.54) is 28.0 Å². The Morgan fingerprint density at radius 2 is 1.96 bits per heavy atom. The van der Waals surface area contributed by atoms with E-state index in [0.717, 1.165) is 12.8 Å². The van der Waals surface area contributed by atoms with Gasteiger partial charge in [0.2, 0.25) is 21.8 Å². The van der Waals surface area contributed by atoms with Gasteiger partial charge in [0.25, 0.3) is 0 Å². The second-order valence-corrected chi connectivity index (χ2v) is 8.39. The maximum Gasteiger partial charge on any atom is 0.326 e. The highest BCUT2D eigenvalue weighted by atomic mass is 32.2. The zero-order valence-corrected chi connectivity index (χ0v) is 15.4. The van der Waals surface area contributed by atoms with Crippen LogP contribution in [0.5, 0.6) is 0 Å². The number of likely N-dealkylation sites (tertiary alicyclic amines) is 1. The van der Waals surface area contributed by atoms with Crippen LogP contribution in [0.25, 0.3) is 0 Å². The molecule has 146 valence electrons. The summed E-state index contributed by atoms with van der Waals surface area (Å²) in [6, 6.07) is 4.80. The topological polar surface area (TPSA) is 138 Å². The summed E-state index contributed by atoms with van der Waals surface area (Å²) in [5.41, 5.74) is 0.343. The number of aliphatic carboxylic acids is 1. The zero-order valence-electron chi connectivity index (χ0n) is 14.6. The van der Waals surface area contributed by atoms with Crippen LogP contribution in [-0.2, 0) is 24.4 Å². The van der Waals surface area contributed by atoms with E-state index in [4.69, 9.17) is 5.14 Å². The van der Waals surface area contributed by atoms with Crippen molar-refractivity contribution in [3.63, 3.8) is 0 Å². The van der Waals surface area contributed by atoms with Gasteiger partial charge in [-0.25, -0.2) is 18.4 Å². The lowest BCUT2D eigenvalue weighted by molar-refractivity contribution is -0.153.